The van der Waals surface area contributed by atoms with Crippen molar-refractivity contribution >= 4 is 12.0 Å². The minimum Gasteiger partial charge on any atom is -0.444 e. The van der Waals surface area contributed by atoms with E-state index < -0.39 is 23.9 Å². The smallest absolute Gasteiger partial charge is 0.407 e. The Hall–Kier alpha value is -2.12. The Morgan fingerprint density at radius 3 is 2.47 bits per heavy atom. The summed E-state index contributed by atoms with van der Waals surface area (Å²) in [7, 11) is 0. The van der Waals surface area contributed by atoms with E-state index in [1.807, 2.05) is 37.8 Å². The molecule has 1 aromatic carbocycles. The summed E-state index contributed by atoms with van der Waals surface area (Å²) in [6.45, 7) is 7.37. The second kappa shape index (κ2) is 9.02. The average molecular weight is 445 g/mol. The van der Waals surface area contributed by atoms with Crippen LogP contribution in [0.5, 0.6) is 0 Å². The van der Waals surface area contributed by atoms with Crippen LogP contribution in [0.2, 0.25) is 0 Å². The molecule has 7 nitrogen and oxygen atoms in total. The Morgan fingerprint density at radius 2 is 1.84 bits per heavy atom. The van der Waals surface area contributed by atoms with Gasteiger partial charge in [-0.3, -0.25) is 4.79 Å². The second-order valence-corrected chi connectivity index (χ2v) is 10.7. The summed E-state index contributed by atoms with van der Waals surface area (Å²) in [4.78, 5) is 26.9. The van der Waals surface area contributed by atoms with Gasteiger partial charge in [-0.05, 0) is 75.3 Å². The fourth-order valence-electron chi connectivity index (χ4n) is 5.70. The van der Waals surface area contributed by atoms with Gasteiger partial charge >= 0.3 is 6.09 Å². The van der Waals surface area contributed by atoms with E-state index in [0.717, 1.165) is 37.9 Å². The molecule has 2 saturated carbocycles. The van der Waals surface area contributed by atoms with Gasteiger partial charge in [-0.15, -0.1) is 0 Å². The Kier molecular flexibility index (Phi) is 6.50. The van der Waals surface area contributed by atoms with Crippen molar-refractivity contribution in [2.75, 3.05) is 13.1 Å². The first-order valence-corrected chi connectivity index (χ1v) is 11.8. The molecule has 1 aliphatic heterocycles. The molecular formula is C25H36N2O5. The van der Waals surface area contributed by atoms with Gasteiger partial charge in [0.2, 0.25) is 5.91 Å². The molecule has 2 amide bonds. The maximum Gasteiger partial charge on any atom is 0.407 e. The van der Waals surface area contributed by atoms with Crippen LogP contribution < -0.4 is 5.32 Å². The van der Waals surface area contributed by atoms with Gasteiger partial charge in [0.05, 0.1) is 12.2 Å². The Balaban J connectivity index is 1.29. The number of hydrogen-bond donors (Lipinski definition) is 3. The first kappa shape index (κ1) is 23.1. The predicted octanol–water partition coefficient (Wildman–Crippen LogP) is 2.80. The van der Waals surface area contributed by atoms with Crippen molar-refractivity contribution in [3.8, 4) is 0 Å². The van der Waals surface area contributed by atoms with Gasteiger partial charge in [0.1, 0.15) is 5.60 Å². The monoisotopic (exact) mass is 444 g/mol. The highest BCUT2D eigenvalue weighted by Crippen LogP contribution is 2.49. The Bertz CT molecular complexity index is 841. The maximum absolute atomic E-state index is 13.1. The lowest BCUT2D eigenvalue weighted by atomic mass is 9.83. The molecule has 2 bridgehead atoms. The number of likely N-dealkylation sites (tertiary alicyclic amines) is 1. The number of piperidine rings is 1. The van der Waals surface area contributed by atoms with Crippen LogP contribution in [0.25, 0.3) is 0 Å². The third kappa shape index (κ3) is 4.94. The van der Waals surface area contributed by atoms with Gasteiger partial charge in [-0.1, -0.05) is 24.3 Å². The quantitative estimate of drug-likeness (QED) is 0.663. The minimum absolute atomic E-state index is 0.0681. The third-order valence-electron chi connectivity index (χ3n) is 7.30. The Labute approximate surface area is 190 Å². The highest BCUT2D eigenvalue weighted by molar-refractivity contribution is 5.80. The normalized spacial score (nSPS) is 30.4. The molecule has 5 atom stereocenters. The van der Waals surface area contributed by atoms with Crippen molar-refractivity contribution in [2.24, 2.45) is 17.8 Å². The number of nitrogens with one attached hydrogen (secondary N) is 1. The van der Waals surface area contributed by atoms with Crippen molar-refractivity contribution in [3.63, 3.8) is 0 Å². The number of alkyl carbamates (subject to hydrolysis) is 1. The molecule has 0 spiro atoms. The molecule has 2 aliphatic carbocycles. The molecular weight excluding hydrogens is 408 g/mol. The van der Waals surface area contributed by atoms with E-state index in [-0.39, 0.29) is 23.7 Å². The van der Waals surface area contributed by atoms with Crippen LogP contribution in [0, 0.1) is 17.8 Å². The number of hydrogen-bond acceptors (Lipinski definition) is 5. The zero-order valence-corrected chi connectivity index (χ0v) is 19.3. The zero-order valence-electron chi connectivity index (χ0n) is 19.3. The summed E-state index contributed by atoms with van der Waals surface area (Å²) in [6.07, 6.45) is 1.44. The molecule has 0 radical (unpaired) electrons. The lowest BCUT2D eigenvalue weighted by Crippen LogP contribution is -2.47. The van der Waals surface area contributed by atoms with Crippen LogP contribution in [0.4, 0.5) is 4.79 Å². The summed E-state index contributed by atoms with van der Waals surface area (Å²) >= 11 is 0. The largest absolute Gasteiger partial charge is 0.444 e. The highest BCUT2D eigenvalue weighted by Gasteiger charge is 2.54. The molecule has 1 aromatic rings. The van der Waals surface area contributed by atoms with E-state index in [2.05, 4.69) is 17.4 Å². The summed E-state index contributed by atoms with van der Waals surface area (Å²) in [6, 6.07) is 8.26. The predicted molar refractivity (Wildman–Crippen MR) is 120 cm³/mol. The average Bonchev–Trinajstić information content (AvgIpc) is 3.31. The standard InChI is InChI=1S/C25H36N2O5/c1-25(2,3)32-24(31)26-14-15-5-4-6-17(11-15)16-7-9-27(10-8-16)23(30)20-13-18-12-19(20)22(29)21(18)28/h4-6,11,16,18-22,28-29H,7-10,12-14H2,1-3H3,(H,26,31). The number of rotatable bonds is 4. The van der Waals surface area contributed by atoms with Gasteiger partial charge in [0, 0.05) is 25.6 Å². The number of carbonyl (C=O) groups is 2. The zero-order chi connectivity index (χ0) is 23.0. The van der Waals surface area contributed by atoms with Gasteiger partial charge in [0.25, 0.3) is 0 Å². The van der Waals surface area contributed by atoms with E-state index in [9.17, 15) is 19.8 Å². The number of nitrogens with zero attached hydrogens (tertiary/aromatic N) is 1. The van der Waals surface area contributed by atoms with Gasteiger partial charge in [-0.25, -0.2) is 4.79 Å². The number of aliphatic hydroxyl groups excluding tert-OH is 2. The molecule has 32 heavy (non-hydrogen) atoms. The summed E-state index contributed by atoms with van der Waals surface area (Å²) in [5, 5.41) is 23.0. The van der Waals surface area contributed by atoms with Crippen molar-refractivity contribution in [2.45, 2.75) is 76.7 Å². The van der Waals surface area contributed by atoms with Crippen LogP contribution in [-0.4, -0.2) is 58.0 Å². The second-order valence-electron chi connectivity index (χ2n) is 10.7. The van der Waals surface area contributed by atoms with Crippen molar-refractivity contribution in [1.29, 1.82) is 0 Å². The molecule has 0 aromatic heterocycles. The van der Waals surface area contributed by atoms with Crippen molar-refractivity contribution < 1.29 is 24.5 Å². The van der Waals surface area contributed by atoms with Crippen molar-refractivity contribution in [1.82, 2.24) is 10.2 Å². The van der Waals surface area contributed by atoms with Gasteiger partial charge in [0.15, 0.2) is 0 Å². The molecule has 4 rings (SSSR count). The summed E-state index contributed by atoms with van der Waals surface area (Å²) < 4.78 is 5.30. The molecule has 7 heteroatoms. The number of carbonyl (C=O) groups excluding carboxylic acids is 2. The first-order chi connectivity index (χ1) is 15.1. The lowest BCUT2D eigenvalue weighted by Gasteiger charge is -2.37. The maximum atomic E-state index is 13.1. The van der Waals surface area contributed by atoms with E-state index in [0.29, 0.717) is 18.9 Å². The lowest BCUT2D eigenvalue weighted by molar-refractivity contribution is -0.142. The van der Waals surface area contributed by atoms with Crippen LogP contribution >= 0.6 is 0 Å². The van der Waals surface area contributed by atoms with E-state index in [1.54, 1.807) is 0 Å². The fourth-order valence-corrected chi connectivity index (χ4v) is 5.70. The van der Waals surface area contributed by atoms with Crippen LogP contribution in [0.15, 0.2) is 24.3 Å². The third-order valence-corrected chi connectivity index (χ3v) is 7.30. The van der Waals surface area contributed by atoms with E-state index >= 15 is 0 Å². The molecule has 176 valence electrons. The minimum atomic E-state index is -0.753. The summed E-state index contributed by atoms with van der Waals surface area (Å²) in [5.74, 6) is 0.371. The number of benzene rings is 1. The Morgan fingerprint density at radius 1 is 1.12 bits per heavy atom. The highest BCUT2D eigenvalue weighted by atomic mass is 16.6. The number of ether oxygens (including phenoxy) is 1. The number of amides is 2. The van der Waals surface area contributed by atoms with Crippen LogP contribution in [0.1, 0.15) is 63.5 Å². The SMILES string of the molecule is CC(C)(C)OC(=O)NCc1cccc(C2CCN(C(=O)C3CC4CC3C(O)C4O)CC2)c1. The molecule has 5 unspecified atom stereocenters. The number of aliphatic hydroxyl groups is 2. The molecule has 3 N–H and O–H groups in total. The summed E-state index contributed by atoms with van der Waals surface area (Å²) in [5.41, 5.74) is 1.74. The van der Waals surface area contributed by atoms with Crippen LogP contribution in [0.3, 0.4) is 0 Å². The van der Waals surface area contributed by atoms with Gasteiger partial charge in [-0.2, -0.15) is 0 Å². The molecule has 1 heterocycles. The fraction of sp³-hybridized carbons (Fsp3) is 0.680. The van der Waals surface area contributed by atoms with Crippen molar-refractivity contribution in [3.05, 3.63) is 35.4 Å². The topological polar surface area (TPSA) is 99.1 Å². The van der Waals surface area contributed by atoms with E-state index in [4.69, 9.17) is 4.74 Å². The molecule has 3 aliphatic rings. The van der Waals surface area contributed by atoms with Gasteiger partial charge < -0.3 is 25.2 Å². The first-order valence-electron chi connectivity index (χ1n) is 11.8. The van der Waals surface area contributed by atoms with E-state index in [1.165, 1.54) is 5.56 Å². The molecule has 3 fully saturated rings. The van der Waals surface area contributed by atoms with Crippen LogP contribution in [-0.2, 0) is 16.1 Å². The molecule has 1 saturated heterocycles. The number of fused-ring (bicyclic) bond motifs is 2.